The first kappa shape index (κ1) is 62.3. The average Bonchev–Trinajstić information content (AvgIpc) is 3.75. The highest BCUT2D eigenvalue weighted by Gasteiger charge is 2.43. The van der Waals surface area contributed by atoms with E-state index in [-0.39, 0.29) is 36.7 Å². The van der Waals surface area contributed by atoms with Gasteiger partial charge >= 0.3 is 11.9 Å². The van der Waals surface area contributed by atoms with Crippen molar-refractivity contribution in [3.63, 3.8) is 0 Å². The summed E-state index contributed by atoms with van der Waals surface area (Å²) in [7, 11) is 0. The molecule has 1 saturated heterocycles. The minimum Gasteiger partial charge on any atom is -0.481 e. The van der Waals surface area contributed by atoms with Gasteiger partial charge in [-0.1, -0.05) is 88.4 Å². The van der Waals surface area contributed by atoms with Crippen LogP contribution in [-0.4, -0.2) is 159 Å². The van der Waals surface area contributed by atoms with E-state index in [0.717, 1.165) is 6.92 Å². The third-order valence-corrected chi connectivity index (χ3v) is 11.7. The number of likely N-dealkylation sites (tertiary alicyclic amines) is 1. The fourth-order valence-electron chi connectivity index (χ4n) is 8.09. The number of halogens is 1. The first-order valence-corrected chi connectivity index (χ1v) is 24.5. The standard InChI is InChI=1S/C50H69FN10O15/c1-26(2)18-33(44(52)70)57-47(73)35(20-29-12-8-6-9-13-29)58-45(71)32(16-17-40(65)66)56-38(63)23-54-49(75)42(43(69)30-14-10-7-11-15-30)60-39(64)24-53-48(74)37-21-31(51)25-61(37)50(76)36(22-41(67)68)59-46(72)34(19-27(3)4)55-28(5)62/h6-15,26-27,31-37,42-43,69H,16-25H2,1-5H3,(H2,52,70)(H,53,74)(H,54,75)(H,55,62)(H,56,63)(H,57,73)(H,58,71)(H,59,72)(H,60,64)(H,65,66)(H,67,68)/t31-,32-,33-,34-,35-,36-,37-,42-,43+/m0/s1. The lowest BCUT2D eigenvalue weighted by Crippen LogP contribution is -2.58. The number of aliphatic hydroxyl groups is 1. The number of nitrogens with one attached hydrogen (secondary N) is 8. The summed E-state index contributed by atoms with van der Waals surface area (Å²) < 4.78 is 14.9. The molecule has 0 bridgehead atoms. The molecule has 0 unspecified atom stereocenters. The largest absolute Gasteiger partial charge is 0.481 e. The Balaban J connectivity index is 1.77. The molecule has 1 aliphatic heterocycles. The van der Waals surface area contributed by atoms with Crippen molar-refractivity contribution >= 4 is 71.0 Å². The highest BCUT2D eigenvalue weighted by molar-refractivity contribution is 5.98. The molecule has 2 aromatic rings. The molecular weight excluding hydrogens is 1000 g/mol. The number of aliphatic carboxylic acids is 2. The van der Waals surface area contributed by atoms with E-state index >= 15 is 0 Å². The molecule has 13 N–H and O–H groups in total. The smallest absolute Gasteiger partial charge is 0.305 e. The van der Waals surface area contributed by atoms with E-state index in [4.69, 9.17) is 5.73 Å². The van der Waals surface area contributed by atoms with Gasteiger partial charge in [-0.3, -0.25) is 57.5 Å². The van der Waals surface area contributed by atoms with Crippen molar-refractivity contribution in [2.24, 2.45) is 17.6 Å². The van der Waals surface area contributed by atoms with Crippen LogP contribution < -0.4 is 48.3 Å². The minimum absolute atomic E-state index is 0.0648. The maximum absolute atomic E-state index is 14.9. The Labute approximate surface area is 437 Å². The second-order valence-corrected chi connectivity index (χ2v) is 19.1. The molecule has 416 valence electrons. The number of aliphatic hydroxyl groups excluding tert-OH is 1. The van der Waals surface area contributed by atoms with Gasteiger partial charge in [0.2, 0.25) is 59.1 Å². The van der Waals surface area contributed by atoms with Gasteiger partial charge in [0.25, 0.3) is 0 Å². The monoisotopic (exact) mass is 1070 g/mol. The number of alkyl halides is 1. The second kappa shape index (κ2) is 30.4. The van der Waals surface area contributed by atoms with Crippen molar-refractivity contribution in [1.29, 1.82) is 0 Å². The number of benzene rings is 2. The van der Waals surface area contributed by atoms with Gasteiger partial charge in [-0.2, -0.15) is 0 Å². The lowest BCUT2D eigenvalue weighted by atomic mass is 10.0. The van der Waals surface area contributed by atoms with Crippen LogP contribution in [0.3, 0.4) is 0 Å². The van der Waals surface area contributed by atoms with Crippen LogP contribution in [0.5, 0.6) is 0 Å². The van der Waals surface area contributed by atoms with E-state index < -0.39 is 171 Å². The zero-order chi connectivity index (χ0) is 56.8. The molecule has 1 heterocycles. The van der Waals surface area contributed by atoms with Crippen LogP contribution in [0.2, 0.25) is 0 Å². The predicted octanol–water partition coefficient (Wildman–Crippen LogP) is -2.02. The van der Waals surface area contributed by atoms with E-state index in [9.17, 15) is 77.2 Å². The summed E-state index contributed by atoms with van der Waals surface area (Å²) in [5.41, 5.74) is 6.23. The molecule has 0 aromatic heterocycles. The molecule has 0 saturated carbocycles. The fourth-order valence-corrected chi connectivity index (χ4v) is 8.09. The number of nitrogens with two attached hydrogens (primary N) is 1. The van der Waals surface area contributed by atoms with E-state index in [1.165, 1.54) is 24.3 Å². The lowest BCUT2D eigenvalue weighted by molar-refractivity contribution is -0.146. The third-order valence-electron chi connectivity index (χ3n) is 11.7. The molecule has 25 nitrogen and oxygen atoms in total. The summed E-state index contributed by atoms with van der Waals surface area (Å²) >= 11 is 0. The Kier molecular flexibility index (Phi) is 24.9. The molecule has 1 fully saturated rings. The van der Waals surface area contributed by atoms with Gasteiger partial charge in [0, 0.05) is 26.2 Å². The molecule has 0 spiro atoms. The molecular formula is C50H69FN10O15. The number of nitrogens with zero attached hydrogens (tertiary/aromatic N) is 1. The Bertz CT molecular complexity index is 2400. The number of carbonyl (C=O) groups is 12. The molecule has 0 radical (unpaired) electrons. The summed E-state index contributed by atoms with van der Waals surface area (Å²) in [6, 6.07) is 5.31. The van der Waals surface area contributed by atoms with Gasteiger partial charge in [0.1, 0.15) is 54.6 Å². The minimum atomic E-state index is -1.89. The first-order valence-electron chi connectivity index (χ1n) is 24.5. The van der Waals surface area contributed by atoms with Crippen LogP contribution in [-0.2, 0) is 64.0 Å². The van der Waals surface area contributed by atoms with Gasteiger partial charge in [-0.15, -0.1) is 0 Å². The second-order valence-electron chi connectivity index (χ2n) is 19.1. The Morgan fingerprint density at radius 3 is 1.74 bits per heavy atom. The maximum atomic E-state index is 14.9. The van der Waals surface area contributed by atoms with Crippen LogP contribution >= 0.6 is 0 Å². The van der Waals surface area contributed by atoms with Crippen LogP contribution in [0, 0.1) is 11.8 Å². The van der Waals surface area contributed by atoms with Crippen molar-refractivity contribution in [3.05, 3.63) is 71.8 Å². The number of carboxylic acid groups (broad SMARTS) is 2. The third kappa shape index (κ3) is 21.1. The van der Waals surface area contributed by atoms with Crippen LogP contribution in [0.4, 0.5) is 4.39 Å². The van der Waals surface area contributed by atoms with E-state index in [1.807, 2.05) is 0 Å². The number of hydrogen-bond acceptors (Lipinski definition) is 13. The zero-order valence-corrected chi connectivity index (χ0v) is 42.8. The zero-order valence-electron chi connectivity index (χ0n) is 42.8. The van der Waals surface area contributed by atoms with Gasteiger partial charge < -0.3 is 68.5 Å². The Morgan fingerprint density at radius 2 is 1.17 bits per heavy atom. The van der Waals surface area contributed by atoms with Crippen molar-refractivity contribution in [1.82, 2.24) is 47.4 Å². The first-order chi connectivity index (χ1) is 35.7. The normalized spacial score (nSPS) is 16.8. The fraction of sp³-hybridized carbons (Fsp3) is 0.520. The summed E-state index contributed by atoms with van der Waals surface area (Å²) in [4.78, 5) is 156. The van der Waals surface area contributed by atoms with Gasteiger partial charge in [0.05, 0.1) is 26.1 Å². The summed E-state index contributed by atoms with van der Waals surface area (Å²) in [5.74, 6) is -12.7. The number of primary amides is 1. The average molecular weight is 1070 g/mol. The van der Waals surface area contributed by atoms with Crippen molar-refractivity contribution < 1.29 is 77.2 Å². The van der Waals surface area contributed by atoms with Crippen molar-refractivity contribution in [3.8, 4) is 0 Å². The lowest BCUT2D eigenvalue weighted by Gasteiger charge is -2.29. The predicted molar refractivity (Wildman–Crippen MR) is 267 cm³/mol. The number of carboxylic acids is 2. The van der Waals surface area contributed by atoms with Gasteiger partial charge in [-0.05, 0) is 42.2 Å². The molecule has 26 heteroatoms. The van der Waals surface area contributed by atoms with Crippen LogP contribution in [0.15, 0.2) is 60.7 Å². The molecule has 1 aliphatic rings. The molecule has 2 aromatic carbocycles. The highest BCUT2D eigenvalue weighted by atomic mass is 19.1. The Hall–Kier alpha value is -8.03. The summed E-state index contributed by atoms with van der Waals surface area (Å²) in [6.45, 7) is 5.72. The molecule has 9 atom stereocenters. The number of amides is 10. The Morgan fingerprint density at radius 1 is 0.645 bits per heavy atom. The van der Waals surface area contributed by atoms with Crippen LogP contribution in [0.1, 0.15) is 90.4 Å². The van der Waals surface area contributed by atoms with E-state index in [1.54, 1.807) is 64.1 Å². The number of hydrogen-bond donors (Lipinski definition) is 12. The molecule has 76 heavy (non-hydrogen) atoms. The summed E-state index contributed by atoms with van der Waals surface area (Å²) in [5, 5.41) is 49.2. The van der Waals surface area contributed by atoms with Crippen molar-refractivity contribution in [2.75, 3.05) is 19.6 Å². The number of rotatable bonds is 30. The quantitative estimate of drug-likeness (QED) is 0.0402. The van der Waals surface area contributed by atoms with Gasteiger partial charge in [-0.25, -0.2) is 4.39 Å². The van der Waals surface area contributed by atoms with Crippen LogP contribution in [0.25, 0.3) is 0 Å². The SMILES string of the molecule is CC(=O)N[C@@H](CC(C)C)C(=O)N[C@@H](CC(=O)O)C(=O)N1C[C@@H](F)C[C@H]1C(=O)NCC(=O)N[C@H](C(=O)NCC(=O)N[C@@H](CCC(=O)O)C(=O)N[C@@H](Cc1ccccc1)C(=O)N[C@@H](CC(C)C)C(N)=O)[C@H](O)c1ccccc1. The topological polar surface area (TPSA) is 391 Å². The van der Waals surface area contributed by atoms with Crippen molar-refractivity contribution in [2.45, 2.75) is 134 Å². The molecule has 3 rings (SSSR count). The van der Waals surface area contributed by atoms with E-state index in [0.29, 0.717) is 10.5 Å². The van der Waals surface area contributed by atoms with E-state index in [2.05, 4.69) is 42.5 Å². The molecule has 0 aliphatic carbocycles. The maximum Gasteiger partial charge on any atom is 0.305 e. The summed E-state index contributed by atoms with van der Waals surface area (Å²) in [6.07, 6.45) is -6.11. The number of carbonyl (C=O) groups excluding carboxylic acids is 10. The van der Waals surface area contributed by atoms with Gasteiger partial charge in [0.15, 0.2) is 0 Å². The molecule has 10 amide bonds. The highest BCUT2D eigenvalue weighted by Crippen LogP contribution is 2.23.